The second-order valence-corrected chi connectivity index (χ2v) is 8.08. The maximum Gasteiger partial charge on any atom is 0.230 e. The molecule has 2 aromatic heterocycles. The first-order valence-electron chi connectivity index (χ1n) is 9.80. The van der Waals surface area contributed by atoms with Gasteiger partial charge in [-0.15, -0.1) is 10.2 Å². The van der Waals surface area contributed by atoms with Crippen molar-refractivity contribution in [2.45, 2.75) is 11.7 Å². The van der Waals surface area contributed by atoms with Crippen molar-refractivity contribution in [3.8, 4) is 22.8 Å². The van der Waals surface area contributed by atoms with Crippen molar-refractivity contribution in [2.75, 3.05) is 12.9 Å². The number of rotatable bonds is 8. The maximum atomic E-state index is 12.4. The van der Waals surface area contributed by atoms with Crippen LogP contribution in [0.25, 0.3) is 17.1 Å². The molecule has 0 fully saturated rings. The second kappa shape index (κ2) is 10.3. The summed E-state index contributed by atoms with van der Waals surface area (Å²) in [6, 6.07) is 20.6. The summed E-state index contributed by atoms with van der Waals surface area (Å²) < 4.78 is 7.41. The molecule has 1 amide bonds. The number of nitrogens with one attached hydrogen (secondary N) is 1. The number of hydrogen-bond acceptors (Lipinski definition) is 6. The molecule has 4 rings (SSSR count). The number of halogens is 1. The van der Waals surface area contributed by atoms with Gasteiger partial charge in [0.15, 0.2) is 11.0 Å². The summed E-state index contributed by atoms with van der Waals surface area (Å²) in [7, 11) is 1.61. The van der Waals surface area contributed by atoms with E-state index in [9.17, 15) is 4.79 Å². The summed E-state index contributed by atoms with van der Waals surface area (Å²) in [5, 5.41) is 12.8. The number of ether oxygens (including phenoxy) is 1. The van der Waals surface area contributed by atoms with E-state index in [0.717, 1.165) is 16.9 Å². The molecule has 0 aliphatic heterocycles. The normalized spacial score (nSPS) is 10.7. The number of benzene rings is 2. The van der Waals surface area contributed by atoms with Gasteiger partial charge >= 0.3 is 0 Å². The SMILES string of the molecule is COc1ccccc1-c1nnc(SCC(=O)NCc2ccccn2)n1-c1ccc(Cl)cc1. The van der Waals surface area contributed by atoms with E-state index in [-0.39, 0.29) is 11.7 Å². The largest absolute Gasteiger partial charge is 0.496 e. The van der Waals surface area contributed by atoms with E-state index in [2.05, 4.69) is 20.5 Å². The van der Waals surface area contributed by atoms with Crippen LogP contribution >= 0.6 is 23.4 Å². The van der Waals surface area contributed by atoms with Crippen LogP contribution in [0.5, 0.6) is 5.75 Å². The molecule has 0 aliphatic carbocycles. The number of thioether (sulfide) groups is 1. The lowest BCUT2D eigenvalue weighted by Crippen LogP contribution is -2.25. The van der Waals surface area contributed by atoms with Gasteiger partial charge in [0.1, 0.15) is 5.75 Å². The Hall–Kier alpha value is -3.36. The monoisotopic (exact) mass is 465 g/mol. The minimum atomic E-state index is -0.120. The summed E-state index contributed by atoms with van der Waals surface area (Å²) in [4.78, 5) is 16.6. The Morgan fingerprint density at radius 2 is 1.84 bits per heavy atom. The summed E-state index contributed by atoms with van der Waals surface area (Å²) in [5.41, 5.74) is 2.43. The van der Waals surface area contributed by atoms with Gasteiger partial charge in [0.25, 0.3) is 0 Å². The van der Waals surface area contributed by atoms with Crippen molar-refractivity contribution in [1.82, 2.24) is 25.1 Å². The smallest absolute Gasteiger partial charge is 0.230 e. The van der Waals surface area contributed by atoms with Crippen molar-refractivity contribution < 1.29 is 9.53 Å². The Kier molecular flexibility index (Phi) is 7.03. The van der Waals surface area contributed by atoms with E-state index in [1.807, 2.05) is 59.2 Å². The number of methoxy groups -OCH3 is 1. The maximum absolute atomic E-state index is 12.4. The molecule has 0 saturated carbocycles. The van der Waals surface area contributed by atoms with E-state index in [1.165, 1.54) is 11.8 Å². The third-order valence-corrected chi connectivity index (χ3v) is 5.77. The number of hydrogen-bond donors (Lipinski definition) is 1. The van der Waals surface area contributed by atoms with Crippen LogP contribution in [0.15, 0.2) is 78.1 Å². The lowest BCUT2D eigenvalue weighted by atomic mass is 10.2. The molecule has 2 aromatic carbocycles. The summed E-state index contributed by atoms with van der Waals surface area (Å²) >= 11 is 7.38. The molecule has 2 heterocycles. The summed E-state index contributed by atoms with van der Waals surface area (Å²) in [5.74, 6) is 1.36. The van der Waals surface area contributed by atoms with Gasteiger partial charge in [0, 0.05) is 16.9 Å². The van der Waals surface area contributed by atoms with Crippen LogP contribution < -0.4 is 10.1 Å². The van der Waals surface area contributed by atoms with Gasteiger partial charge in [-0.2, -0.15) is 0 Å². The van der Waals surface area contributed by atoms with Crippen molar-refractivity contribution in [2.24, 2.45) is 0 Å². The van der Waals surface area contributed by atoms with Crippen LogP contribution in [0.3, 0.4) is 0 Å². The molecule has 4 aromatic rings. The molecule has 0 unspecified atom stereocenters. The molecule has 7 nitrogen and oxygen atoms in total. The summed E-state index contributed by atoms with van der Waals surface area (Å²) in [6.07, 6.45) is 1.70. The number of carbonyl (C=O) groups is 1. The molecule has 162 valence electrons. The van der Waals surface area contributed by atoms with Crippen LogP contribution in [0.2, 0.25) is 5.02 Å². The van der Waals surface area contributed by atoms with Crippen molar-refractivity contribution in [3.05, 3.63) is 83.6 Å². The Bertz CT molecular complexity index is 1200. The Balaban J connectivity index is 1.58. The first-order chi connectivity index (χ1) is 15.7. The van der Waals surface area contributed by atoms with Gasteiger partial charge in [-0.1, -0.05) is 41.6 Å². The fourth-order valence-electron chi connectivity index (χ4n) is 3.06. The number of carbonyl (C=O) groups excluding carboxylic acids is 1. The highest BCUT2D eigenvalue weighted by molar-refractivity contribution is 7.99. The zero-order chi connectivity index (χ0) is 22.3. The minimum Gasteiger partial charge on any atom is -0.496 e. The molecule has 1 N–H and O–H groups in total. The van der Waals surface area contributed by atoms with Crippen molar-refractivity contribution in [3.63, 3.8) is 0 Å². The van der Waals surface area contributed by atoms with Crippen LogP contribution in [-0.4, -0.2) is 38.5 Å². The Morgan fingerprint density at radius 3 is 2.59 bits per heavy atom. The Morgan fingerprint density at radius 1 is 1.06 bits per heavy atom. The first kappa shape index (κ1) is 21.9. The highest BCUT2D eigenvalue weighted by Crippen LogP contribution is 2.33. The third-order valence-electron chi connectivity index (χ3n) is 4.59. The number of pyridine rings is 1. The molecule has 0 saturated heterocycles. The van der Waals surface area contributed by atoms with E-state index >= 15 is 0 Å². The lowest BCUT2D eigenvalue weighted by molar-refractivity contribution is -0.118. The van der Waals surface area contributed by atoms with Crippen LogP contribution in [0, 0.1) is 0 Å². The van der Waals surface area contributed by atoms with Crippen LogP contribution in [-0.2, 0) is 11.3 Å². The summed E-state index contributed by atoms with van der Waals surface area (Å²) in [6.45, 7) is 0.372. The van der Waals surface area contributed by atoms with Gasteiger partial charge in [-0.05, 0) is 48.5 Å². The topological polar surface area (TPSA) is 81.9 Å². The van der Waals surface area contributed by atoms with E-state index in [0.29, 0.717) is 28.3 Å². The second-order valence-electron chi connectivity index (χ2n) is 6.70. The minimum absolute atomic E-state index is 0.120. The quantitative estimate of drug-likeness (QED) is 0.388. The fourth-order valence-corrected chi connectivity index (χ4v) is 3.97. The van der Waals surface area contributed by atoms with E-state index < -0.39 is 0 Å². The van der Waals surface area contributed by atoms with Crippen molar-refractivity contribution >= 4 is 29.3 Å². The highest BCUT2D eigenvalue weighted by Gasteiger charge is 2.19. The molecule has 9 heteroatoms. The average Bonchev–Trinajstić information content (AvgIpc) is 3.26. The Labute approximate surface area is 194 Å². The predicted octanol–water partition coefficient (Wildman–Crippen LogP) is 4.40. The molecular formula is C23H20ClN5O2S. The fraction of sp³-hybridized carbons (Fsp3) is 0.130. The molecule has 0 aliphatic rings. The van der Waals surface area contributed by atoms with E-state index in [4.69, 9.17) is 16.3 Å². The van der Waals surface area contributed by atoms with Crippen molar-refractivity contribution in [1.29, 1.82) is 0 Å². The number of nitrogens with zero attached hydrogens (tertiary/aromatic N) is 4. The molecule has 0 spiro atoms. The average molecular weight is 466 g/mol. The van der Waals surface area contributed by atoms with E-state index in [1.54, 1.807) is 25.4 Å². The van der Waals surface area contributed by atoms with Gasteiger partial charge in [-0.3, -0.25) is 14.3 Å². The zero-order valence-electron chi connectivity index (χ0n) is 17.2. The molecule has 0 atom stereocenters. The van der Waals surface area contributed by atoms with Crippen LogP contribution in [0.4, 0.5) is 0 Å². The molecule has 0 radical (unpaired) electrons. The number of para-hydroxylation sites is 1. The molecular weight excluding hydrogens is 446 g/mol. The first-order valence-corrected chi connectivity index (χ1v) is 11.2. The van der Waals surface area contributed by atoms with Crippen LogP contribution in [0.1, 0.15) is 5.69 Å². The number of amides is 1. The standard InChI is InChI=1S/C23H20ClN5O2S/c1-31-20-8-3-2-7-19(20)22-27-28-23(29(22)18-11-9-16(24)10-12-18)32-15-21(30)26-14-17-6-4-5-13-25-17/h2-13H,14-15H2,1H3,(H,26,30). The van der Waals surface area contributed by atoms with Gasteiger partial charge < -0.3 is 10.1 Å². The third kappa shape index (κ3) is 5.09. The van der Waals surface area contributed by atoms with Gasteiger partial charge in [-0.25, -0.2) is 0 Å². The highest BCUT2D eigenvalue weighted by atomic mass is 35.5. The zero-order valence-corrected chi connectivity index (χ0v) is 18.8. The van der Waals surface area contributed by atoms with Gasteiger partial charge in [0.2, 0.25) is 5.91 Å². The number of aromatic nitrogens is 4. The molecule has 32 heavy (non-hydrogen) atoms. The molecule has 0 bridgehead atoms. The predicted molar refractivity (Wildman–Crippen MR) is 125 cm³/mol. The lowest BCUT2D eigenvalue weighted by Gasteiger charge is -2.12. The van der Waals surface area contributed by atoms with Gasteiger partial charge in [0.05, 0.1) is 30.7 Å².